The monoisotopic (exact) mass is 314 g/mol. The van der Waals surface area contributed by atoms with Gasteiger partial charge in [-0.1, -0.05) is 30.7 Å². The van der Waals surface area contributed by atoms with Crippen LogP contribution in [0.25, 0.3) is 0 Å². The van der Waals surface area contributed by atoms with Gasteiger partial charge in [-0.2, -0.15) is 0 Å². The van der Waals surface area contributed by atoms with Crippen LogP contribution < -0.4 is 5.14 Å². The Bertz CT molecular complexity index is 712. The first-order chi connectivity index (χ1) is 9.41. The third kappa shape index (κ3) is 3.36. The average molecular weight is 315 g/mol. The molecule has 0 unspecified atom stereocenters. The van der Waals surface area contributed by atoms with Gasteiger partial charge in [0.15, 0.2) is 0 Å². The van der Waals surface area contributed by atoms with Crippen LogP contribution in [0.5, 0.6) is 0 Å². The van der Waals surface area contributed by atoms with E-state index in [2.05, 4.69) is 10.2 Å². The Balaban J connectivity index is 2.39. The molecule has 0 radical (unpaired) electrons. The Morgan fingerprint density at radius 1 is 1.35 bits per heavy atom. The van der Waals surface area contributed by atoms with Crippen molar-refractivity contribution in [3.63, 3.8) is 0 Å². The predicted octanol–water partition coefficient (Wildman–Crippen LogP) is 1.58. The van der Waals surface area contributed by atoms with Crippen molar-refractivity contribution < 1.29 is 8.42 Å². The molecule has 0 bridgehead atoms. The number of halogens is 1. The molecule has 0 spiro atoms. The van der Waals surface area contributed by atoms with Crippen LogP contribution in [0.2, 0.25) is 5.02 Å². The molecule has 1 aromatic heterocycles. The maximum atomic E-state index is 11.5. The largest absolute Gasteiger partial charge is 0.300 e. The number of benzene rings is 1. The van der Waals surface area contributed by atoms with Crippen molar-refractivity contribution in [3.8, 4) is 0 Å². The summed E-state index contributed by atoms with van der Waals surface area (Å²) in [5.74, 6) is 0.554. The zero-order chi connectivity index (χ0) is 14.8. The van der Waals surface area contributed by atoms with E-state index in [0.29, 0.717) is 23.8 Å². The van der Waals surface area contributed by atoms with Crippen LogP contribution in [0.4, 0.5) is 0 Å². The molecular weight excluding hydrogens is 300 g/mol. The standard InChI is InChI=1S/C12H15ClN4O2S/c1-2-6-17-11(15-16-12(17)20(14,18)19)8-9-4-3-5-10(13)7-9/h3-5,7H,2,6,8H2,1H3,(H2,14,18,19). The highest BCUT2D eigenvalue weighted by Crippen LogP contribution is 2.16. The second kappa shape index (κ2) is 5.90. The van der Waals surface area contributed by atoms with Gasteiger partial charge in [-0.3, -0.25) is 0 Å². The number of primary sulfonamides is 1. The predicted molar refractivity (Wildman–Crippen MR) is 75.9 cm³/mol. The molecule has 0 fully saturated rings. The van der Waals surface area contributed by atoms with Gasteiger partial charge in [-0.25, -0.2) is 13.6 Å². The highest BCUT2D eigenvalue weighted by atomic mass is 35.5. The molecule has 0 aliphatic carbocycles. The van der Waals surface area contributed by atoms with Crippen molar-refractivity contribution >= 4 is 21.6 Å². The number of sulfonamides is 1. The summed E-state index contributed by atoms with van der Waals surface area (Å²) in [4.78, 5) is 0. The van der Waals surface area contributed by atoms with Crippen LogP contribution in [0.1, 0.15) is 24.7 Å². The van der Waals surface area contributed by atoms with Gasteiger partial charge in [0.05, 0.1) is 0 Å². The second-order valence-corrected chi connectivity index (χ2v) is 6.29. The van der Waals surface area contributed by atoms with E-state index in [1.807, 2.05) is 25.1 Å². The van der Waals surface area contributed by atoms with Gasteiger partial charge in [0.1, 0.15) is 5.82 Å². The number of aromatic nitrogens is 3. The van der Waals surface area contributed by atoms with Crippen LogP contribution in [0, 0.1) is 0 Å². The molecule has 1 aromatic carbocycles. The summed E-state index contributed by atoms with van der Waals surface area (Å²) in [6.45, 7) is 2.44. The molecule has 0 saturated heterocycles. The molecule has 2 aromatic rings. The van der Waals surface area contributed by atoms with Gasteiger partial charge in [-0.05, 0) is 24.1 Å². The number of nitrogens with zero attached hydrogens (tertiary/aromatic N) is 3. The number of rotatable bonds is 5. The minimum Gasteiger partial charge on any atom is -0.300 e. The van der Waals surface area contributed by atoms with Crippen molar-refractivity contribution in [1.29, 1.82) is 0 Å². The molecule has 108 valence electrons. The first-order valence-electron chi connectivity index (χ1n) is 6.11. The van der Waals surface area contributed by atoms with E-state index < -0.39 is 10.0 Å². The maximum Gasteiger partial charge on any atom is 0.273 e. The number of nitrogens with two attached hydrogens (primary N) is 1. The van der Waals surface area contributed by atoms with Crippen molar-refractivity contribution in [2.24, 2.45) is 5.14 Å². The van der Waals surface area contributed by atoms with Crippen LogP contribution >= 0.6 is 11.6 Å². The fourth-order valence-corrected chi connectivity index (χ4v) is 2.81. The van der Waals surface area contributed by atoms with Gasteiger partial charge in [0.2, 0.25) is 0 Å². The molecule has 0 aliphatic heterocycles. The summed E-state index contributed by atoms with van der Waals surface area (Å²) in [6, 6.07) is 7.31. The molecular formula is C12H15ClN4O2S. The van der Waals surface area contributed by atoms with E-state index in [9.17, 15) is 8.42 Å². The Hall–Kier alpha value is -1.44. The summed E-state index contributed by atoms with van der Waals surface area (Å²) in [6.07, 6.45) is 1.20. The Morgan fingerprint density at radius 2 is 2.10 bits per heavy atom. The Morgan fingerprint density at radius 3 is 2.70 bits per heavy atom. The van der Waals surface area contributed by atoms with Gasteiger partial charge in [0, 0.05) is 18.0 Å². The topological polar surface area (TPSA) is 90.9 Å². The number of hydrogen-bond donors (Lipinski definition) is 1. The first kappa shape index (κ1) is 15.0. The van der Waals surface area contributed by atoms with E-state index in [1.165, 1.54) is 4.57 Å². The van der Waals surface area contributed by atoms with Gasteiger partial charge < -0.3 is 4.57 Å². The van der Waals surface area contributed by atoms with E-state index in [4.69, 9.17) is 16.7 Å². The highest BCUT2D eigenvalue weighted by molar-refractivity contribution is 7.89. The smallest absolute Gasteiger partial charge is 0.273 e. The lowest BCUT2D eigenvalue weighted by atomic mass is 10.1. The second-order valence-electron chi connectivity index (χ2n) is 4.40. The van der Waals surface area contributed by atoms with E-state index in [1.54, 1.807) is 6.07 Å². The molecule has 2 rings (SSSR count). The zero-order valence-corrected chi connectivity index (χ0v) is 12.5. The average Bonchev–Trinajstić information content (AvgIpc) is 2.73. The molecule has 0 saturated carbocycles. The molecule has 1 heterocycles. The van der Waals surface area contributed by atoms with Crippen molar-refractivity contribution in [2.75, 3.05) is 0 Å². The van der Waals surface area contributed by atoms with Crippen molar-refractivity contribution in [1.82, 2.24) is 14.8 Å². The minimum atomic E-state index is -3.87. The fourth-order valence-electron chi connectivity index (χ4n) is 1.94. The molecule has 0 aliphatic rings. The Kier molecular flexibility index (Phi) is 4.42. The molecule has 0 atom stereocenters. The summed E-state index contributed by atoms with van der Waals surface area (Å²) in [5, 5.41) is 13.2. The van der Waals surface area contributed by atoms with Gasteiger partial charge in [0.25, 0.3) is 15.2 Å². The lowest BCUT2D eigenvalue weighted by Crippen LogP contribution is -2.19. The molecule has 8 heteroatoms. The highest BCUT2D eigenvalue weighted by Gasteiger charge is 2.20. The lowest BCUT2D eigenvalue weighted by molar-refractivity contribution is 0.550. The fraction of sp³-hybridized carbons (Fsp3) is 0.333. The molecule has 0 amide bonds. The third-order valence-corrected chi connectivity index (χ3v) is 3.79. The molecule has 20 heavy (non-hydrogen) atoms. The maximum absolute atomic E-state index is 11.5. The van der Waals surface area contributed by atoms with Crippen LogP contribution in [0.15, 0.2) is 29.4 Å². The van der Waals surface area contributed by atoms with Crippen LogP contribution in [-0.4, -0.2) is 23.2 Å². The SMILES string of the molecule is CCCn1c(Cc2cccc(Cl)c2)nnc1S(N)(=O)=O. The Labute approximate surface area is 122 Å². The quantitative estimate of drug-likeness (QED) is 0.907. The summed E-state index contributed by atoms with van der Waals surface area (Å²) in [7, 11) is -3.87. The van der Waals surface area contributed by atoms with Crippen LogP contribution in [-0.2, 0) is 23.0 Å². The zero-order valence-electron chi connectivity index (χ0n) is 11.0. The lowest BCUT2D eigenvalue weighted by Gasteiger charge is -2.08. The minimum absolute atomic E-state index is 0.198. The normalized spacial score (nSPS) is 11.8. The van der Waals surface area contributed by atoms with E-state index >= 15 is 0 Å². The summed E-state index contributed by atoms with van der Waals surface area (Å²) < 4.78 is 24.5. The van der Waals surface area contributed by atoms with E-state index in [-0.39, 0.29) is 5.16 Å². The first-order valence-corrected chi connectivity index (χ1v) is 8.03. The summed E-state index contributed by atoms with van der Waals surface area (Å²) >= 11 is 5.93. The van der Waals surface area contributed by atoms with E-state index in [0.717, 1.165) is 12.0 Å². The third-order valence-electron chi connectivity index (χ3n) is 2.75. The summed E-state index contributed by atoms with van der Waals surface area (Å²) in [5.41, 5.74) is 0.934. The van der Waals surface area contributed by atoms with Crippen LogP contribution in [0.3, 0.4) is 0 Å². The van der Waals surface area contributed by atoms with Gasteiger partial charge >= 0.3 is 0 Å². The molecule has 2 N–H and O–H groups in total. The van der Waals surface area contributed by atoms with Crippen molar-refractivity contribution in [2.45, 2.75) is 31.5 Å². The van der Waals surface area contributed by atoms with Gasteiger partial charge in [-0.15, -0.1) is 10.2 Å². The molecule has 6 nitrogen and oxygen atoms in total. The van der Waals surface area contributed by atoms with Crippen molar-refractivity contribution in [3.05, 3.63) is 40.7 Å². The number of hydrogen-bond acceptors (Lipinski definition) is 4.